The van der Waals surface area contributed by atoms with E-state index >= 15 is 0 Å². The lowest BCUT2D eigenvalue weighted by Crippen LogP contribution is -2.53. The fourth-order valence-electron chi connectivity index (χ4n) is 4.38. The molecule has 2 aliphatic rings. The number of aromatic nitrogens is 2. The molecule has 0 unspecified atom stereocenters. The highest BCUT2D eigenvalue weighted by atomic mass is 15.4. The molecule has 3 atom stereocenters. The van der Waals surface area contributed by atoms with Gasteiger partial charge in [0.25, 0.3) is 0 Å². The van der Waals surface area contributed by atoms with Gasteiger partial charge in [0.15, 0.2) is 0 Å². The number of anilines is 1. The summed E-state index contributed by atoms with van der Waals surface area (Å²) in [6.45, 7) is 10.4. The first-order valence-electron chi connectivity index (χ1n) is 10.1. The lowest BCUT2D eigenvalue weighted by atomic mass is 9.77. The van der Waals surface area contributed by atoms with E-state index in [0.717, 1.165) is 47.7 Å². The summed E-state index contributed by atoms with van der Waals surface area (Å²) in [6.07, 6.45) is 3.95. The van der Waals surface area contributed by atoms with Crippen molar-refractivity contribution in [2.75, 3.05) is 18.7 Å². The van der Waals surface area contributed by atoms with E-state index in [1.807, 2.05) is 6.92 Å². The minimum Gasteiger partial charge on any atom is -0.343 e. The lowest BCUT2D eigenvalue weighted by molar-refractivity contribution is 0.0771. The minimum absolute atomic E-state index is 0.602. The van der Waals surface area contributed by atoms with Gasteiger partial charge in [-0.25, -0.2) is 15.0 Å². The molecule has 0 spiro atoms. The maximum absolute atomic E-state index is 4.71. The minimum atomic E-state index is 0.602. The molecule has 1 aromatic heterocycles. The molecule has 27 heavy (non-hydrogen) atoms. The second kappa shape index (κ2) is 7.43. The number of hydrogen-bond acceptors (Lipinski definition) is 6. The first kappa shape index (κ1) is 18.2. The Morgan fingerprint density at radius 1 is 1.15 bits per heavy atom. The molecular formula is C21H30N6. The van der Waals surface area contributed by atoms with Crippen LogP contribution in [0.25, 0.3) is 10.9 Å². The summed E-state index contributed by atoms with van der Waals surface area (Å²) in [4.78, 5) is 16.4. The fourth-order valence-corrected chi connectivity index (χ4v) is 4.38. The zero-order valence-electron chi connectivity index (χ0n) is 16.8. The number of nitrogens with one attached hydrogen (secondary N) is 2. The summed E-state index contributed by atoms with van der Waals surface area (Å²) in [5.41, 5.74) is 3.14. The Balaban J connectivity index is 1.46. The lowest BCUT2D eigenvalue weighted by Gasteiger charge is -2.42. The van der Waals surface area contributed by atoms with Crippen molar-refractivity contribution >= 4 is 22.8 Å². The topological polar surface area (TPSA) is 65.4 Å². The number of aryl methyl sites for hydroxylation is 2. The monoisotopic (exact) mass is 366 g/mol. The van der Waals surface area contributed by atoms with Crippen molar-refractivity contribution in [2.24, 2.45) is 16.8 Å². The predicted molar refractivity (Wildman–Crippen MR) is 111 cm³/mol. The molecule has 4 rings (SSSR count). The molecule has 1 aliphatic carbocycles. The Morgan fingerprint density at radius 3 is 2.78 bits per heavy atom. The van der Waals surface area contributed by atoms with E-state index < -0.39 is 0 Å². The number of aliphatic imine (C=N–C) groups is 1. The average Bonchev–Trinajstić information content (AvgIpc) is 2.64. The largest absolute Gasteiger partial charge is 0.343 e. The maximum atomic E-state index is 4.71. The molecule has 2 heterocycles. The molecule has 0 radical (unpaired) electrons. The van der Waals surface area contributed by atoms with Gasteiger partial charge in [0.1, 0.15) is 0 Å². The smallest absolute Gasteiger partial charge is 0.230 e. The van der Waals surface area contributed by atoms with E-state index in [1.54, 1.807) is 0 Å². The van der Waals surface area contributed by atoms with Gasteiger partial charge in [0.2, 0.25) is 11.9 Å². The van der Waals surface area contributed by atoms with Gasteiger partial charge in [0.05, 0.1) is 24.5 Å². The van der Waals surface area contributed by atoms with Crippen LogP contribution >= 0.6 is 0 Å². The van der Waals surface area contributed by atoms with Crippen LogP contribution in [0.3, 0.4) is 0 Å². The molecule has 6 nitrogen and oxygen atoms in total. The van der Waals surface area contributed by atoms with Crippen LogP contribution in [0.5, 0.6) is 0 Å². The molecule has 144 valence electrons. The van der Waals surface area contributed by atoms with Gasteiger partial charge in [-0.15, -0.1) is 0 Å². The molecule has 1 saturated carbocycles. The van der Waals surface area contributed by atoms with Crippen LogP contribution in [0.4, 0.5) is 5.95 Å². The molecule has 2 N–H and O–H groups in total. The van der Waals surface area contributed by atoms with Crippen LogP contribution in [0.2, 0.25) is 0 Å². The van der Waals surface area contributed by atoms with Gasteiger partial charge in [-0.1, -0.05) is 38.8 Å². The Bertz CT molecular complexity index is 861. The highest BCUT2D eigenvalue weighted by molar-refractivity contribution is 5.93. The summed E-state index contributed by atoms with van der Waals surface area (Å²) in [5.74, 6) is 2.88. The summed E-state index contributed by atoms with van der Waals surface area (Å²) in [6, 6.07) is 6.90. The normalized spacial score (nSPS) is 26.5. The van der Waals surface area contributed by atoms with Crippen molar-refractivity contribution in [1.82, 2.24) is 20.2 Å². The Morgan fingerprint density at radius 2 is 2.00 bits per heavy atom. The van der Waals surface area contributed by atoms with Gasteiger partial charge >= 0.3 is 0 Å². The van der Waals surface area contributed by atoms with Crippen LogP contribution in [0, 0.1) is 25.7 Å². The number of benzene rings is 1. The zero-order valence-corrected chi connectivity index (χ0v) is 16.8. The van der Waals surface area contributed by atoms with E-state index in [4.69, 9.17) is 4.99 Å². The van der Waals surface area contributed by atoms with Crippen LogP contribution in [0.1, 0.15) is 44.4 Å². The highest BCUT2D eigenvalue weighted by Gasteiger charge is 2.32. The fraction of sp³-hybridized carbons (Fsp3) is 0.571. The summed E-state index contributed by atoms with van der Waals surface area (Å²) < 4.78 is 0. The second-order valence-electron chi connectivity index (χ2n) is 8.18. The third-order valence-corrected chi connectivity index (χ3v) is 6.27. The highest BCUT2D eigenvalue weighted by Crippen LogP contribution is 2.32. The Kier molecular flexibility index (Phi) is 5.00. The zero-order chi connectivity index (χ0) is 19.0. The number of fused-ring (bicyclic) bond motifs is 1. The van der Waals surface area contributed by atoms with Crippen LogP contribution < -0.4 is 10.6 Å². The SMILES string of the molecule is Cc1ccc2c(C)nc(NC3=NCN([C@@H]4CCC[C@@H](C)[C@H]4C)CN3)nc2c1. The number of nitrogens with zero attached hydrogens (tertiary/aromatic N) is 4. The molecule has 0 amide bonds. The van der Waals surface area contributed by atoms with Crippen LogP contribution in [0.15, 0.2) is 23.2 Å². The molecule has 1 fully saturated rings. The van der Waals surface area contributed by atoms with Crippen LogP contribution in [-0.2, 0) is 0 Å². The number of guanidine groups is 1. The Hall–Kier alpha value is -2.21. The molecule has 2 aromatic rings. The molecular weight excluding hydrogens is 336 g/mol. The van der Waals surface area contributed by atoms with Gasteiger partial charge < -0.3 is 5.32 Å². The van der Waals surface area contributed by atoms with E-state index in [0.29, 0.717) is 12.0 Å². The van der Waals surface area contributed by atoms with E-state index in [-0.39, 0.29) is 0 Å². The van der Waals surface area contributed by atoms with Crippen molar-refractivity contribution in [3.05, 3.63) is 29.5 Å². The van der Waals surface area contributed by atoms with Crippen molar-refractivity contribution in [1.29, 1.82) is 0 Å². The number of hydrogen-bond donors (Lipinski definition) is 2. The summed E-state index contributed by atoms with van der Waals surface area (Å²) in [5, 5.41) is 7.77. The average molecular weight is 367 g/mol. The molecule has 1 aromatic carbocycles. The van der Waals surface area contributed by atoms with Crippen molar-refractivity contribution in [2.45, 2.75) is 53.0 Å². The van der Waals surface area contributed by atoms with Gasteiger partial charge in [0, 0.05) is 11.4 Å². The van der Waals surface area contributed by atoms with Crippen molar-refractivity contribution in [3.63, 3.8) is 0 Å². The van der Waals surface area contributed by atoms with E-state index in [9.17, 15) is 0 Å². The Labute approximate surface area is 161 Å². The molecule has 0 saturated heterocycles. The van der Waals surface area contributed by atoms with E-state index in [1.165, 1.54) is 24.8 Å². The number of rotatable bonds is 2. The third kappa shape index (κ3) is 3.76. The van der Waals surface area contributed by atoms with Crippen LogP contribution in [-0.4, -0.2) is 40.2 Å². The summed E-state index contributed by atoms with van der Waals surface area (Å²) >= 11 is 0. The first-order chi connectivity index (χ1) is 13.0. The van der Waals surface area contributed by atoms with Gasteiger partial charge in [-0.3, -0.25) is 10.2 Å². The maximum Gasteiger partial charge on any atom is 0.230 e. The first-order valence-corrected chi connectivity index (χ1v) is 10.1. The molecule has 1 aliphatic heterocycles. The van der Waals surface area contributed by atoms with E-state index in [2.05, 4.69) is 64.5 Å². The quantitative estimate of drug-likeness (QED) is 0.849. The van der Waals surface area contributed by atoms with Gasteiger partial charge in [-0.2, -0.15) is 0 Å². The second-order valence-corrected chi connectivity index (χ2v) is 8.18. The van der Waals surface area contributed by atoms with Crippen molar-refractivity contribution < 1.29 is 0 Å². The third-order valence-electron chi connectivity index (χ3n) is 6.27. The van der Waals surface area contributed by atoms with Crippen molar-refractivity contribution in [3.8, 4) is 0 Å². The predicted octanol–water partition coefficient (Wildman–Crippen LogP) is 3.66. The summed E-state index contributed by atoms with van der Waals surface area (Å²) in [7, 11) is 0. The molecule has 0 bridgehead atoms. The standard InChI is InChI=1S/C21H30N6/c1-13-8-9-17-16(4)24-21(25-18(17)10-13)26-20-22-11-27(12-23-20)19-7-5-6-14(2)15(19)3/h8-10,14-15,19H,5-7,11-12H2,1-4H3,(H2,22,23,24,25,26)/t14-,15-,19-/m1/s1. The molecule has 6 heteroatoms. The van der Waals surface area contributed by atoms with Gasteiger partial charge in [-0.05, 0) is 43.7 Å².